The summed E-state index contributed by atoms with van der Waals surface area (Å²) in [5, 5.41) is 6.16. The van der Waals surface area contributed by atoms with E-state index < -0.39 is 6.04 Å². The Morgan fingerprint density at radius 1 is 1.08 bits per heavy atom. The first-order valence-electron chi connectivity index (χ1n) is 8.42. The molecule has 0 aliphatic carbocycles. The largest absolute Gasteiger partial charge is 0.344 e. The zero-order chi connectivity index (χ0) is 17.8. The van der Waals surface area contributed by atoms with Gasteiger partial charge in [-0.1, -0.05) is 11.6 Å². The number of nitrogens with one attached hydrogen (secondary N) is 2. The monoisotopic (exact) mass is 364 g/mol. The molecule has 2 fully saturated rings. The topological polar surface area (TPSA) is 81.8 Å². The zero-order valence-electron chi connectivity index (χ0n) is 13.8. The van der Waals surface area contributed by atoms with E-state index in [1.807, 2.05) is 0 Å². The van der Waals surface area contributed by atoms with Crippen LogP contribution >= 0.6 is 11.6 Å². The summed E-state index contributed by atoms with van der Waals surface area (Å²) in [5.74, 6) is -0.122. The summed E-state index contributed by atoms with van der Waals surface area (Å²) in [5.41, 5.74) is 0.681. The first-order valence-corrected chi connectivity index (χ1v) is 8.80. The van der Waals surface area contributed by atoms with Crippen LogP contribution in [0.15, 0.2) is 24.3 Å². The molecule has 2 N–H and O–H groups in total. The molecular formula is C17H21ClN4O3. The predicted molar refractivity (Wildman–Crippen MR) is 94.4 cm³/mol. The molecule has 25 heavy (non-hydrogen) atoms. The number of hydrogen-bond donors (Lipinski definition) is 2. The van der Waals surface area contributed by atoms with E-state index in [9.17, 15) is 14.4 Å². The lowest BCUT2D eigenvalue weighted by Crippen LogP contribution is -2.46. The quantitative estimate of drug-likeness (QED) is 0.837. The molecule has 0 saturated carbocycles. The van der Waals surface area contributed by atoms with Crippen LogP contribution in [-0.4, -0.2) is 59.9 Å². The van der Waals surface area contributed by atoms with E-state index in [0.717, 1.165) is 0 Å². The Morgan fingerprint density at radius 3 is 2.44 bits per heavy atom. The molecule has 134 valence electrons. The highest BCUT2D eigenvalue weighted by Crippen LogP contribution is 2.15. The molecule has 1 aromatic carbocycles. The van der Waals surface area contributed by atoms with Crippen LogP contribution in [0.4, 0.5) is 10.5 Å². The van der Waals surface area contributed by atoms with Crippen molar-refractivity contribution in [2.24, 2.45) is 0 Å². The minimum absolute atomic E-state index is 0.0502. The Labute approximate surface area is 151 Å². The van der Waals surface area contributed by atoms with Gasteiger partial charge in [0, 0.05) is 43.3 Å². The fourth-order valence-corrected chi connectivity index (χ4v) is 3.22. The molecule has 1 aromatic rings. The first kappa shape index (κ1) is 17.5. The molecule has 3 rings (SSSR count). The SMILES string of the molecule is O=C1CCC(C(=O)N2CCCN(C(=O)Nc3ccc(Cl)cc3)CC2)N1. The zero-order valence-corrected chi connectivity index (χ0v) is 14.6. The lowest BCUT2D eigenvalue weighted by Gasteiger charge is -2.24. The Balaban J connectivity index is 1.54. The van der Waals surface area contributed by atoms with Crippen LogP contribution in [0.1, 0.15) is 19.3 Å². The third-order valence-electron chi connectivity index (χ3n) is 4.48. The van der Waals surface area contributed by atoms with E-state index in [4.69, 9.17) is 11.6 Å². The second-order valence-electron chi connectivity index (χ2n) is 6.26. The molecule has 2 aliphatic rings. The number of hydrogen-bond acceptors (Lipinski definition) is 3. The Hall–Kier alpha value is -2.28. The van der Waals surface area contributed by atoms with Crippen LogP contribution in [-0.2, 0) is 9.59 Å². The van der Waals surface area contributed by atoms with Crippen molar-refractivity contribution in [3.63, 3.8) is 0 Å². The van der Waals surface area contributed by atoms with Crippen molar-refractivity contribution in [2.75, 3.05) is 31.5 Å². The summed E-state index contributed by atoms with van der Waals surface area (Å²) in [6.45, 7) is 2.11. The average molecular weight is 365 g/mol. The van der Waals surface area contributed by atoms with Gasteiger partial charge in [-0.2, -0.15) is 0 Å². The van der Waals surface area contributed by atoms with Gasteiger partial charge in [0.25, 0.3) is 0 Å². The molecule has 0 aromatic heterocycles. The van der Waals surface area contributed by atoms with Crippen LogP contribution in [0.2, 0.25) is 5.02 Å². The van der Waals surface area contributed by atoms with Gasteiger partial charge in [-0.25, -0.2) is 4.79 Å². The van der Waals surface area contributed by atoms with Crippen molar-refractivity contribution >= 4 is 35.1 Å². The molecule has 7 nitrogen and oxygen atoms in total. The molecule has 2 heterocycles. The number of rotatable bonds is 2. The maximum atomic E-state index is 12.5. The number of anilines is 1. The van der Waals surface area contributed by atoms with Crippen molar-refractivity contribution in [3.05, 3.63) is 29.3 Å². The fraction of sp³-hybridized carbons (Fsp3) is 0.471. The number of carbonyl (C=O) groups is 3. The summed E-state index contributed by atoms with van der Waals surface area (Å²) in [7, 11) is 0. The summed E-state index contributed by atoms with van der Waals surface area (Å²) in [4.78, 5) is 39.6. The summed E-state index contributed by atoms with van der Waals surface area (Å²) >= 11 is 5.84. The molecule has 1 atom stereocenters. The van der Waals surface area contributed by atoms with E-state index in [2.05, 4.69) is 10.6 Å². The Morgan fingerprint density at radius 2 is 1.76 bits per heavy atom. The molecule has 4 amide bonds. The molecular weight excluding hydrogens is 344 g/mol. The van der Waals surface area contributed by atoms with E-state index in [1.54, 1.807) is 34.1 Å². The molecule has 0 spiro atoms. The van der Waals surface area contributed by atoms with Crippen molar-refractivity contribution < 1.29 is 14.4 Å². The molecule has 0 bridgehead atoms. The van der Waals surface area contributed by atoms with Crippen molar-refractivity contribution in [1.29, 1.82) is 0 Å². The van der Waals surface area contributed by atoms with E-state index in [1.165, 1.54) is 0 Å². The van der Waals surface area contributed by atoms with Gasteiger partial charge in [0.1, 0.15) is 6.04 Å². The van der Waals surface area contributed by atoms with Gasteiger partial charge in [-0.05, 0) is 37.1 Å². The van der Waals surface area contributed by atoms with Crippen molar-refractivity contribution in [3.8, 4) is 0 Å². The first-order chi connectivity index (χ1) is 12.0. The highest BCUT2D eigenvalue weighted by Gasteiger charge is 2.32. The Bertz CT molecular complexity index is 664. The average Bonchev–Trinajstić information content (AvgIpc) is 2.89. The van der Waals surface area contributed by atoms with Crippen molar-refractivity contribution in [1.82, 2.24) is 15.1 Å². The smallest absolute Gasteiger partial charge is 0.321 e. The second kappa shape index (κ2) is 7.74. The summed E-state index contributed by atoms with van der Waals surface area (Å²) in [6, 6.07) is 6.33. The fourth-order valence-electron chi connectivity index (χ4n) is 3.10. The molecule has 2 aliphatic heterocycles. The predicted octanol–water partition coefficient (Wildman–Crippen LogP) is 1.68. The third-order valence-corrected chi connectivity index (χ3v) is 4.74. The number of benzene rings is 1. The lowest BCUT2D eigenvalue weighted by atomic mass is 10.2. The van der Waals surface area contributed by atoms with Gasteiger partial charge in [-0.3, -0.25) is 9.59 Å². The van der Waals surface area contributed by atoms with Gasteiger partial charge in [0.15, 0.2) is 0 Å². The number of urea groups is 1. The van der Waals surface area contributed by atoms with Crippen LogP contribution in [0.25, 0.3) is 0 Å². The molecule has 1 unspecified atom stereocenters. The van der Waals surface area contributed by atoms with Gasteiger partial charge in [0.2, 0.25) is 11.8 Å². The summed E-state index contributed by atoms with van der Waals surface area (Å²) < 4.78 is 0. The van der Waals surface area contributed by atoms with Gasteiger partial charge < -0.3 is 20.4 Å². The van der Waals surface area contributed by atoms with Gasteiger partial charge in [-0.15, -0.1) is 0 Å². The lowest BCUT2D eigenvalue weighted by molar-refractivity contribution is -0.134. The highest BCUT2D eigenvalue weighted by molar-refractivity contribution is 6.30. The maximum absolute atomic E-state index is 12.5. The van der Waals surface area contributed by atoms with Crippen LogP contribution < -0.4 is 10.6 Å². The third kappa shape index (κ3) is 4.42. The molecule has 2 saturated heterocycles. The minimum atomic E-state index is -0.415. The molecule has 0 radical (unpaired) electrons. The number of nitrogens with zero attached hydrogens (tertiary/aromatic N) is 2. The van der Waals surface area contributed by atoms with E-state index >= 15 is 0 Å². The van der Waals surface area contributed by atoms with E-state index in [-0.39, 0.29) is 17.8 Å². The van der Waals surface area contributed by atoms with Crippen LogP contribution in [0.5, 0.6) is 0 Å². The van der Waals surface area contributed by atoms with E-state index in [0.29, 0.717) is 56.2 Å². The second-order valence-corrected chi connectivity index (χ2v) is 6.70. The van der Waals surface area contributed by atoms with Gasteiger partial charge >= 0.3 is 6.03 Å². The normalized spacial score (nSPS) is 20.8. The maximum Gasteiger partial charge on any atom is 0.321 e. The van der Waals surface area contributed by atoms with Crippen LogP contribution in [0, 0.1) is 0 Å². The summed E-state index contributed by atoms with van der Waals surface area (Å²) in [6.07, 6.45) is 1.66. The van der Waals surface area contributed by atoms with Gasteiger partial charge in [0.05, 0.1) is 0 Å². The molecule has 8 heteroatoms. The van der Waals surface area contributed by atoms with Crippen molar-refractivity contribution in [2.45, 2.75) is 25.3 Å². The van der Waals surface area contributed by atoms with Crippen LogP contribution in [0.3, 0.4) is 0 Å². The highest BCUT2D eigenvalue weighted by atomic mass is 35.5. The Kier molecular flexibility index (Phi) is 5.43. The minimum Gasteiger partial charge on any atom is -0.344 e. The number of amides is 4. The number of carbonyl (C=O) groups excluding carboxylic acids is 3. The number of halogens is 1. The standard InChI is InChI=1S/C17H21ClN4O3/c18-12-2-4-13(5-3-12)19-17(25)22-9-1-8-21(10-11-22)16(24)14-6-7-15(23)20-14/h2-5,14H,1,6-11H2,(H,19,25)(H,20,23).